The number of nitrogens with zero attached hydrogens (tertiary/aromatic N) is 1. The highest BCUT2D eigenvalue weighted by Gasteiger charge is 2.11. The molecule has 1 aromatic carbocycles. The molecular weight excluding hydrogens is 222 g/mol. The Balaban J connectivity index is 2.40. The molecule has 0 aliphatic carbocycles. The first-order valence-electron chi connectivity index (χ1n) is 5.21. The van der Waals surface area contributed by atoms with E-state index < -0.39 is 12.1 Å². The van der Waals surface area contributed by atoms with Gasteiger partial charge >= 0.3 is 5.97 Å². The maximum absolute atomic E-state index is 11.1. The van der Waals surface area contributed by atoms with Crippen LogP contribution in [0.15, 0.2) is 24.3 Å². The van der Waals surface area contributed by atoms with Crippen LogP contribution in [0.25, 0.3) is 0 Å². The van der Waals surface area contributed by atoms with E-state index in [0.717, 1.165) is 0 Å². The van der Waals surface area contributed by atoms with Gasteiger partial charge in [0.1, 0.15) is 0 Å². The lowest BCUT2D eigenvalue weighted by Gasteiger charge is -2.07. The monoisotopic (exact) mass is 235 g/mol. The van der Waals surface area contributed by atoms with Crippen molar-refractivity contribution >= 4 is 5.97 Å². The number of nitriles is 1. The molecule has 0 radical (unpaired) electrons. The van der Waals surface area contributed by atoms with Crippen LogP contribution in [0.1, 0.15) is 25.3 Å². The fourth-order valence-electron chi connectivity index (χ4n) is 1.05. The van der Waals surface area contributed by atoms with Gasteiger partial charge in [-0.1, -0.05) is 6.92 Å². The molecule has 0 bridgehead atoms. The first-order valence-corrected chi connectivity index (χ1v) is 5.21. The first kappa shape index (κ1) is 13.0. The van der Waals surface area contributed by atoms with E-state index >= 15 is 0 Å². The van der Waals surface area contributed by atoms with Gasteiger partial charge in [0, 0.05) is 0 Å². The van der Waals surface area contributed by atoms with Crippen LogP contribution in [0.5, 0.6) is 5.75 Å². The second-order valence-electron chi connectivity index (χ2n) is 3.44. The molecule has 0 aliphatic heterocycles. The predicted octanol–water partition coefficient (Wildman–Crippen LogP) is 1.56. The van der Waals surface area contributed by atoms with Crippen LogP contribution in [0.2, 0.25) is 0 Å². The van der Waals surface area contributed by atoms with Crippen molar-refractivity contribution in [3.05, 3.63) is 29.8 Å². The molecule has 1 N–H and O–H groups in total. The molecule has 0 fully saturated rings. The van der Waals surface area contributed by atoms with Gasteiger partial charge in [-0.3, -0.25) is 9.78 Å². The van der Waals surface area contributed by atoms with E-state index in [1.54, 1.807) is 19.1 Å². The van der Waals surface area contributed by atoms with E-state index in [1.807, 2.05) is 6.07 Å². The summed E-state index contributed by atoms with van der Waals surface area (Å²) in [5, 5.41) is 17.8. The van der Waals surface area contributed by atoms with E-state index in [2.05, 4.69) is 4.89 Å². The quantitative estimate of drug-likeness (QED) is 0.618. The number of rotatable bonds is 5. The zero-order valence-electron chi connectivity index (χ0n) is 9.42. The average Bonchev–Trinajstić information content (AvgIpc) is 2.36. The average molecular weight is 235 g/mol. The third-order valence-electron chi connectivity index (χ3n) is 2.09. The summed E-state index contributed by atoms with van der Waals surface area (Å²) in [6.07, 6.45) is -0.342. The molecule has 5 heteroatoms. The highest BCUT2D eigenvalue weighted by molar-refractivity contribution is 5.69. The minimum absolute atomic E-state index is 0.104. The van der Waals surface area contributed by atoms with Gasteiger partial charge in [0.2, 0.25) is 0 Å². The lowest BCUT2D eigenvalue weighted by molar-refractivity contribution is -0.215. The minimum atomic E-state index is -0.716. The Morgan fingerprint density at radius 2 is 2.12 bits per heavy atom. The Hall–Kier alpha value is -2.06. The Labute approximate surface area is 99.1 Å². The fourth-order valence-corrected chi connectivity index (χ4v) is 1.05. The number of benzene rings is 1. The molecule has 17 heavy (non-hydrogen) atoms. The van der Waals surface area contributed by atoms with Gasteiger partial charge in [0.25, 0.3) is 0 Å². The lowest BCUT2D eigenvalue weighted by Crippen LogP contribution is -2.16. The smallest absolute Gasteiger partial charge is 0.358 e. The van der Waals surface area contributed by atoms with Gasteiger partial charge in [-0.05, 0) is 30.7 Å². The van der Waals surface area contributed by atoms with Crippen molar-refractivity contribution in [2.75, 3.05) is 0 Å². The first-order chi connectivity index (χ1) is 8.15. The molecule has 5 nitrogen and oxygen atoms in total. The molecule has 1 atom stereocenters. The van der Waals surface area contributed by atoms with Crippen molar-refractivity contribution in [1.82, 2.24) is 0 Å². The number of aliphatic hydroxyl groups excluding tert-OH is 1. The molecule has 1 aromatic rings. The summed E-state index contributed by atoms with van der Waals surface area (Å²) in [6.45, 7) is 1.76. The van der Waals surface area contributed by atoms with E-state index in [-0.39, 0.29) is 6.42 Å². The van der Waals surface area contributed by atoms with Gasteiger partial charge in [-0.25, -0.2) is 4.79 Å². The van der Waals surface area contributed by atoms with Crippen molar-refractivity contribution in [1.29, 1.82) is 5.26 Å². The molecule has 0 amide bonds. The van der Waals surface area contributed by atoms with Gasteiger partial charge < -0.3 is 5.11 Å². The maximum Gasteiger partial charge on any atom is 0.358 e. The molecule has 0 aromatic heterocycles. The summed E-state index contributed by atoms with van der Waals surface area (Å²) >= 11 is 0. The number of carbonyl (C=O) groups is 1. The van der Waals surface area contributed by atoms with E-state index in [9.17, 15) is 9.90 Å². The van der Waals surface area contributed by atoms with E-state index in [4.69, 9.17) is 10.1 Å². The molecule has 0 saturated heterocycles. The maximum atomic E-state index is 11.1. The van der Waals surface area contributed by atoms with Gasteiger partial charge in [-0.2, -0.15) is 5.26 Å². The summed E-state index contributed by atoms with van der Waals surface area (Å²) in [5.74, 6) is -0.313. The van der Waals surface area contributed by atoms with Gasteiger partial charge in [-0.15, -0.1) is 0 Å². The van der Waals surface area contributed by atoms with Crippen LogP contribution in [0.3, 0.4) is 0 Å². The van der Waals surface area contributed by atoms with E-state index in [0.29, 0.717) is 17.7 Å². The second kappa shape index (κ2) is 6.51. The third-order valence-corrected chi connectivity index (χ3v) is 2.09. The summed E-state index contributed by atoms with van der Waals surface area (Å²) in [7, 11) is 0. The van der Waals surface area contributed by atoms with Crippen LogP contribution in [0.4, 0.5) is 0 Å². The Bertz CT molecular complexity index is 408. The zero-order valence-corrected chi connectivity index (χ0v) is 9.42. The summed E-state index contributed by atoms with van der Waals surface area (Å²) in [6, 6.07) is 8.08. The highest BCUT2D eigenvalue weighted by atomic mass is 17.2. The standard InChI is InChI=1S/C12H13NO4/c1-2-10(14)7-12(15)17-16-11-5-3-9(8-13)4-6-11/h3-6,10,14H,2,7H2,1H3. The summed E-state index contributed by atoms with van der Waals surface area (Å²) in [4.78, 5) is 20.4. The number of carbonyl (C=O) groups excluding carboxylic acids is 1. The molecular formula is C12H13NO4. The highest BCUT2D eigenvalue weighted by Crippen LogP contribution is 2.12. The molecule has 0 heterocycles. The van der Waals surface area contributed by atoms with Crippen molar-refractivity contribution < 1.29 is 19.7 Å². The molecule has 1 rings (SSSR count). The number of aliphatic hydroxyl groups is 1. The largest absolute Gasteiger partial charge is 0.393 e. The number of hydrogen-bond acceptors (Lipinski definition) is 5. The Morgan fingerprint density at radius 3 is 2.65 bits per heavy atom. The fraction of sp³-hybridized carbons (Fsp3) is 0.333. The Morgan fingerprint density at radius 1 is 1.47 bits per heavy atom. The van der Waals surface area contributed by atoms with Crippen molar-refractivity contribution in [3.8, 4) is 11.8 Å². The predicted molar refractivity (Wildman–Crippen MR) is 58.8 cm³/mol. The lowest BCUT2D eigenvalue weighted by atomic mass is 10.2. The van der Waals surface area contributed by atoms with Crippen molar-refractivity contribution in [3.63, 3.8) is 0 Å². The van der Waals surface area contributed by atoms with Crippen LogP contribution in [-0.2, 0) is 9.68 Å². The molecule has 90 valence electrons. The van der Waals surface area contributed by atoms with Crippen LogP contribution < -0.4 is 4.89 Å². The number of hydrogen-bond donors (Lipinski definition) is 1. The normalized spacial score (nSPS) is 11.4. The summed E-state index contributed by atoms with van der Waals surface area (Å²) < 4.78 is 0. The minimum Gasteiger partial charge on any atom is -0.393 e. The molecule has 0 aliphatic rings. The van der Waals surface area contributed by atoms with Gasteiger partial charge in [0.05, 0.1) is 24.2 Å². The molecule has 1 unspecified atom stereocenters. The zero-order chi connectivity index (χ0) is 12.7. The van der Waals surface area contributed by atoms with Crippen molar-refractivity contribution in [2.24, 2.45) is 0 Å². The summed E-state index contributed by atoms with van der Waals surface area (Å²) in [5.41, 5.74) is 0.491. The van der Waals surface area contributed by atoms with Crippen LogP contribution in [0, 0.1) is 11.3 Å². The topological polar surface area (TPSA) is 79.6 Å². The van der Waals surface area contributed by atoms with Gasteiger partial charge in [0.15, 0.2) is 5.75 Å². The van der Waals surface area contributed by atoms with E-state index in [1.165, 1.54) is 12.1 Å². The molecule has 0 spiro atoms. The van der Waals surface area contributed by atoms with Crippen molar-refractivity contribution in [2.45, 2.75) is 25.9 Å². The SMILES string of the molecule is CCC(O)CC(=O)OOc1ccc(C#N)cc1. The Kier molecular flexibility index (Phi) is 4.98. The molecule has 0 saturated carbocycles. The second-order valence-corrected chi connectivity index (χ2v) is 3.44. The van der Waals surface area contributed by atoms with Crippen LogP contribution >= 0.6 is 0 Å². The third kappa shape index (κ3) is 4.53. The van der Waals surface area contributed by atoms with Crippen LogP contribution in [-0.4, -0.2) is 17.2 Å².